The highest BCUT2D eigenvalue weighted by atomic mass is 35.5. The molecule has 7 nitrogen and oxygen atoms in total. The lowest BCUT2D eigenvalue weighted by atomic mass is 9.46. The number of halogens is 1. The SMILES string of the molecule is CCOC(=O)[C@H]1[C@H](Nc2nc(Cl)nn3c(C=O)ccc23)[C@@H]2CC[C@H]1C1CCC12. The Morgan fingerprint density at radius 1 is 1.25 bits per heavy atom. The van der Waals surface area contributed by atoms with Gasteiger partial charge in [0.05, 0.1) is 12.5 Å². The molecule has 0 spiro atoms. The molecule has 4 fully saturated rings. The van der Waals surface area contributed by atoms with Crippen molar-refractivity contribution in [3.8, 4) is 0 Å². The number of nitrogens with one attached hydrogen (secondary N) is 1. The van der Waals surface area contributed by atoms with E-state index in [0.717, 1.165) is 19.1 Å². The minimum atomic E-state index is -0.172. The first-order chi connectivity index (χ1) is 13.6. The van der Waals surface area contributed by atoms with Crippen molar-refractivity contribution in [3.63, 3.8) is 0 Å². The number of fused-ring (bicyclic) bond motifs is 3. The van der Waals surface area contributed by atoms with Gasteiger partial charge in [-0.05, 0) is 80.0 Å². The second-order valence-corrected chi connectivity index (χ2v) is 8.50. The van der Waals surface area contributed by atoms with E-state index < -0.39 is 0 Å². The highest BCUT2D eigenvalue weighted by Gasteiger charge is 2.59. The zero-order valence-electron chi connectivity index (χ0n) is 15.7. The Hall–Kier alpha value is -2.15. The Morgan fingerprint density at radius 3 is 2.68 bits per heavy atom. The van der Waals surface area contributed by atoms with Gasteiger partial charge in [0.1, 0.15) is 11.2 Å². The molecule has 0 saturated heterocycles. The number of esters is 1. The van der Waals surface area contributed by atoms with Crippen molar-refractivity contribution in [1.82, 2.24) is 14.6 Å². The highest BCUT2D eigenvalue weighted by molar-refractivity contribution is 6.28. The number of carbonyl (C=O) groups is 2. The van der Waals surface area contributed by atoms with Crippen LogP contribution in [0.2, 0.25) is 5.28 Å². The van der Waals surface area contributed by atoms with Crippen LogP contribution in [0.4, 0.5) is 5.82 Å². The first-order valence-electron chi connectivity index (χ1n) is 10.1. The van der Waals surface area contributed by atoms with Crippen LogP contribution in [0.5, 0.6) is 0 Å². The summed E-state index contributed by atoms with van der Waals surface area (Å²) in [5.41, 5.74) is 1.09. The first kappa shape index (κ1) is 17.9. The van der Waals surface area contributed by atoms with Gasteiger partial charge in [-0.2, -0.15) is 4.98 Å². The van der Waals surface area contributed by atoms with Crippen LogP contribution < -0.4 is 5.32 Å². The summed E-state index contributed by atoms with van der Waals surface area (Å²) in [4.78, 5) is 28.5. The van der Waals surface area contributed by atoms with Crippen molar-refractivity contribution in [2.45, 2.75) is 38.6 Å². The molecular weight excluding hydrogens is 380 g/mol. The Labute approximate surface area is 167 Å². The molecule has 4 saturated carbocycles. The van der Waals surface area contributed by atoms with Gasteiger partial charge >= 0.3 is 5.97 Å². The standard InChI is InChI=1S/C20H23ClN4O3/c1-2-28-19(27)16-13-6-7-14(12-5-4-11(12)13)17(16)22-18-15-8-3-10(9-26)25(15)24-20(21)23-18/h3,8-9,11-14,16-17H,2,4-7H2,1H3,(H,22,23,24)/t11?,12?,13-,14+,16+,17+/m0/s1. The molecule has 2 aromatic heterocycles. The molecule has 2 bridgehead atoms. The van der Waals surface area contributed by atoms with Gasteiger partial charge in [-0.3, -0.25) is 9.59 Å². The summed E-state index contributed by atoms with van der Waals surface area (Å²) >= 11 is 6.13. The van der Waals surface area contributed by atoms with Crippen LogP contribution in [0.25, 0.3) is 5.52 Å². The van der Waals surface area contributed by atoms with E-state index in [2.05, 4.69) is 15.4 Å². The van der Waals surface area contributed by atoms with Crippen molar-refractivity contribution >= 4 is 35.2 Å². The molecule has 2 unspecified atom stereocenters. The quantitative estimate of drug-likeness (QED) is 0.610. The Morgan fingerprint density at radius 2 is 1.96 bits per heavy atom. The predicted octanol–water partition coefficient (Wildman–Crippen LogP) is 3.22. The number of hydrogen-bond donors (Lipinski definition) is 1. The van der Waals surface area contributed by atoms with E-state index in [1.165, 1.54) is 17.4 Å². The van der Waals surface area contributed by atoms with E-state index in [1.807, 2.05) is 6.92 Å². The molecule has 0 aliphatic heterocycles. The van der Waals surface area contributed by atoms with Gasteiger partial charge in [0.15, 0.2) is 12.1 Å². The third-order valence-corrected chi connectivity index (χ3v) is 7.28. The molecule has 2 heterocycles. The Bertz CT molecular complexity index is 945. The molecule has 4 aliphatic rings. The van der Waals surface area contributed by atoms with Crippen molar-refractivity contribution < 1.29 is 14.3 Å². The van der Waals surface area contributed by atoms with Gasteiger partial charge in [0.25, 0.3) is 0 Å². The molecular formula is C20H23ClN4O3. The van der Waals surface area contributed by atoms with Crippen LogP contribution >= 0.6 is 11.6 Å². The molecule has 4 aliphatic carbocycles. The van der Waals surface area contributed by atoms with Crippen molar-refractivity contribution in [1.29, 1.82) is 0 Å². The van der Waals surface area contributed by atoms with Gasteiger partial charge in [0.2, 0.25) is 5.28 Å². The summed E-state index contributed by atoms with van der Waals surface area (Å²) in [5.74, 6) is 2.40. The van der Waals surface area contributed by atoms with Crippen LogP contribution in [0.15, 0.2) is 12.1 Å². The van der Waals surface area contributed by atoms with Crippen molar-refractivity contribution in [2.24, 2.45) is 29.6 Å². The van der Waals surface area contributed by atoms with E-state index in [0.29, 0.717) is 47.3 Å². The van der Waals surface area contributed by atoms with E-state index in [1.54, 1.807) is 12.1 Å². The Kier molecular flexibility index (Phi) is 4.30. The van der Waals surface area contributed by atoms with Crippen LogP contribution in [-0.2, 0) is 9.53 Å². The summed E-state index contributed by atoms with van der Waals surface area (Å²) in [6.45, 7) is 2.24. The van der Waals surface area contributed by atoms with Gasteiger partial charge < -0.3 is 10.1 Å². The molecule has 8 heteroatoms. The zero-order valence-corrected chi connectivity index (χ0v) is 16.4. The molecule has 0 amide bonds. The summed E-state index contributed by atoms with van der Waals surface area (Å²) < 4.78 is 6.95. The lowest BCUT2D eigenvalue weighted by molar-refractivity contribution is -0.166. The second kappa shape index (κ2) is 6.72. The number of ether oxygens (including phenoxy) is 1. The number of aldehydes is 1. The summed E-state index contributed by atoms with van der Waals surface area (Å²) in [5, 5.41) is 7.73. The summed E-state index contributed by atoms with van der Waals surface area (Å²) in [7, 11) is 0. The fourth-order valence-corrected chi connectivity index (χ4v) is 6.11. The van der Waals surface area contributed by atoms with Gasteiger partial charge in [-0.1, -0.05) is 0 Å². The van der Waals surface area contributed by atoms with Gasteiger partial charge in [0, 0.05) is 6.04 Å². The topological polar surface area (TPSA) is 85.6 Å². The zero-order chi connectivity index (χ0) is 19.4. The number of nitrogens with zero attached hydrogens (tertiary/aromatic N) is 3. The predicted molar refractivity (Wildman–Crippen MR) is 103 cm³/mol. The Balaban J connectivity index is 1.54. The number of rotatable bonds is 5. The number of anilines is 1. The van der Waals surface area contributed by atoms with Crippen molar-refractivity contribution in [2.75, 3.05) is 11.9 Å². The summed E-state index contributed by atoms with van der Waals surface area (Å²) in [6, 6.07) is 3.45. The van der Waals surface area contributed by atoms with Crippen LogP contribution in [0, 0.1) is 29.6 Å². The maximum atomic E-state index is 12.9. The van der Waals surface area contributed by atoms with Gasteiger partial charge in [-0.15, -0.1) is 5.10 Å². The van der Waals surface area contributed by atoms with Crippen LogP contribution in [0.1, 0.15) is 43.1 Å². The van der Waals surface area contributed by atoms with E-state index >= 15 is 0 Å². The third kappa shape index (κ3) is 2.55. The van der Waals surface area contributed by atoms with Crippen LogP contribution in [0.3, 0.4) is 0 Å². The average molecular weight is 403 g/mol. The lowest BCUT2D eigenvalue weighted by Crippen LogP contribution is -2.62. The van der Waals surface area contributed by atoms with E-state index in [4.69, 9.17) is 16.3 Å². The largest absolute Gasteiger partial charge is 0.466 e. The van der Waals surface area contributed by atoms with E-state index in [9.17, 15) is 9.59 Å². The molecule has 148 valence electrons. The molecule has 2 aromatic rings. The molecule has 6 rings (SSSR count). The monoisotopic (exact) mass is 402 g/mol. The fraction of sp³-hybridized carbons (Fsp3) is 0.600. The van der Waals surface area contributed by atoms with E-state index in [-0.39, 0.29) is 23.2 Å². The number of aromatic nitrogens is 3. The molecule has 6 atom stereocenters. The maximum Gasteiger partial charge on any atom is 0.311 e. The van der Waals surface area contributed by atoms with Gasteiger partial charge in [-0.25, -0.2) is 4.52 Å². The maximum absolute atomic E-state index is 12.9. The highest BCUT2D eigenvalue weighted by Crippen LogP contribution is 2.60. The number of carbonyl (C=O) groups excluding carboxylic acids is 2. The minimum absolute atomic E-state index is 0.0382. The summed E-state index contributed by atoms with van der Waals surface area (Å²) in [6.07, 6.45) is 5.41. The number of hydrogen-bond acceptors (Lipinski definition) is 6. The van der Waals surface area contributed by atoms with Crippen LogP contribution in [-0.4, -0.2) is 39.5 Å². The van der Waals surface area contributed by atoms with Crippen molar-refractivity contribution in [3.05, 3.63) is 23.1 Å². The smallest absolute Gasteiger partial charge is 0.311 e. The molecule has 0 radical (unpaired) electrons. The lowest BCUT2D eigenvalue weighted by Gasteiger charge is -2.61. The molecule has 0 aromatic carbocycles. The first-order valence-corrected chi connectivity index (χ1v) is 10.4. The third-order valence-electron chi connectivity index (χ3n) is 7.12. The molecule has 1 N–H and O–H groups in total. The fourth-order valence-electron chi connectivity index (χ4n) is 5.95. The molecule has 28 heavy (non-hydrogen) atoms. The second-order valence-electron chi connectivity index (χ2n) is 8.16. The average Bonchev–Trinajstić information content (AvgIpc) is 3.05. The normalized spacial score (nSPS) is 33.2. The minimum Gasteiger partial charge on any atom is -0.466 e.